The zero-order valence-electron chi connectivity index (χ0n) is 18.4. The van der Waals surface area contributed by atoms with E-state index in [1.165, 1.54) is 7.11 Å². The quantitative estimate of drug-likeness (QED) is 0.357. The molecule has 1 heterocycles. The summed E-state index contributed by atoms with van der Waals surface area (Å²) in [6, 6.07) is 7.06. The van der Waals surface area contributed by atoms with Gasteiger partial charge in [-0.25, -0.2) is 4.39 Å². The van der Waals surface area contributed by atoms with Crippen molar-refractivity contribution < 1.29 is 28.3 Å². The standard InChI is InChI=1S/C22H29FN4O5/c1-13(2)9-14(22(31)26-27(21(30)12-23)8-7-20(24)29)10-18(28)17-11-15-16(25-17)5-4-6-19(15)32-3/h4-6,11,13-14,25H,7-10,12H2,1-3H3,(H2,24,29)(H,26,31). The lowest BCUT2D eigenvalue weighted by Crippen LogP contribution is -2.50. The number of halogens is 1. The number of aromatic nitrogens is 1. The van der Waals surface area contributed by atoms with Gasteiger partial charge in [0.1, 0.15) is 5.75 Å². The van der Waals surface area contributed by atoms with Crippen molar-refractivity contribution in [2.24, 2.45) is 17.6 Å². The Morgan fingerprint density at radius 2 is 1.97 bits per heavy atom. The molecule has 1 unspecified atom stereocenters. The van der Waals surface area contributed by atoms with Crippen LogP contribution in [0.2, 0.25) is 0 Å². The number of ketones is 1. The van der Waals surface area contributed by atoms with E-state index in [9.17, 15) is 23.6 Å². The average molecular weight is 448 g/mol. The van der Waals surface area contributed by atoms with Gasteiger partial charge in [0.25, 0.3) is 5.91 Å². The summed E-state index contributed by atoms with van der Waals surface area (Å²) in [4.78, 5) is 51.7. The van der Waals surface area contributed by atoms with Gasteiger partial charge >= 0.3 is 0 Å². The number of methoxy groups -OCH3 is 1. The number of carbonyl (C=O) groups is 4. The SMILES string of the molecule is COc1cccc2[nH]c(C(=O)CC(CC(C)C)C(=O)NN(CCC(N)=O)C(=O)CF)cc12. The third-order valence-corrected chi connectivity index (χ3v) is 4.95. The Labute approximate surface area is 185 Å². The van der Waals surface area contributed by atoms with E-state index in [4.69, 9.17) is 10.5 Å². The molecule has 1 aromatic carbocycles. The molecule has 0 bridgehead atoms. The van der Waals surface area contributed by atoms with Gasteiger partial charge in [-0.2, -0.15) is 0 Å². The van der Waals surface area contributed by atoms with Gasteiger partial charge in [0.15, 0.2) is 12.5 Å². The highest BCUT2D eigenvalue weighted by molar-refractivity contribution is 6.02. The Kier molecular flexibility index (Phi) is 8.74. The molecule has 0 aliphatic carbocycles. The topological polar surface area (TPSA) is 135 Å². The summed E-state index contributed by atoms with van der Waals surface area (Å²) in [6.45, 7) is 2.20. The van der Waals surface area contributed by atoms with Gasteiger partial charge in [0.05, 0.1) is 19.3 Å². The zero-order chi connectivity index (χ0) is 23.8. The van der Waals surface area contributed by atoms with Crippen molar-refractivity contribution in [1.82, 2.24) is 15.4 Å². The molecule has 4 N–H and O–H groups in total. The van der Waals surface area contributed by atoms with E-state index in [1.54, 1.807) is 18.2 Å². The van der Waals surface area contributed by atoms with Crippen molar-refractivity contribution >= 4 is 34.4 Å². The highest BCUT2D eigenvalue weighted by atomic mass is 19.1. The monoisotopic (exact) mass is 448 g/mol. The minimum atomic E-state index is -1.34. The van der Waals surface area contributed by atoms with Gasteiger partial charge in [-0.15, -0.1) is 0 Å². The fourth-order valence-corrected chi connectivity index (χ4v) is 3.40. The highest BCUT2D eigenvalue weighted by Crippen LogP contribution is 2.27. The van der Waals surface area contributed by atoms with E-state index in [1.807, 2.05) is 19.9 Å². The van der Waals surface area contributed by atoms with Crippen LogP contribution in [0, 0.1) is 11.8 Å². The molecular weight excluding hydrogens is 419 g/mol. The van der Waals surface area contributed by atoms with Gasteiger partial charge < -0.3 is 15.5 Å². The first-order valence-electron chi connectivity index (χ1n) is 10.3. The van der Waals surface area contributed by atoms with Crippen molar-refractivity contribution in [3.05, 3.63) is 30.0 Å². The maximum Gasteiger partial charge on any atom is 0.272 e. The third-order valence-electron chi connectivity index (χ3n) is 4.95. The van der Waals surface area contributed by atoms with Crippen molar-refractivity contribution in [2.45, 2.75) is 33.1 Å². The number of nitrogens with zero attached hydrogens (tertiary/aromatic N) is 1. The van der Waals surface area contributed by atoms with Crippen molar-refractivity contribution in [1.29, 1.82) is 0 Å². The van der Waals surface area contributed by atoms with E-state index in [0.717, 1.165) is 15.9 Å². The molecular formula is C22H29FN4O5. The number of hydrogen-bond acceptors (Lipinski definition) is 5. The summed E-state index contributed by atoms with van der Waals surface area (Å²) >= 11 is 0. The minimum Gasteiger partial charge on any atom is -0.496 e. The molecule has 1 atom stereocenters. The molecule has 10 heteroatoms. The van der Waals surface area contributed by atoms with E-state index < -0.39 is 30.3 Å². The van der Waals surface area contributed by atoms with Gasteiger partial charge in [-0.05, 0) is 30.5 Å². The van der Waals surface area contributed by atoms with Crippen LogP contribution in [0.5, 0.6) is 5.75 Å². The number of carbonyl (C=O) groups excluding carboxylic acids is 4. The maximum absolute atomic E-state index is 12.9. The summed E-state index contributed by atoms with van der Waals surface area (Å²) in [5.74, 6) is -2.66. The second-order valence-electron chi connectivity index (χ2n) is 7.93. The summed E-state index contributed by atoms with van der Waals surface area (Å²) in [5, 5.41) is 1.48. The van der Waals surface area contributed by atoms with E-state index in [2.05, 4.69) is 10.4 Å². The van der Waals surface area contributed by atoms with Gasteiger partial charge in [0, 0.05) is 29.7 Å². The molecule has 3 amide bonds. The lowest BCUT2D eigenvalue weighted by Gasteiger charge is -2.25. The molecule has 9 nitrogen and oxygen atoms in total. The Morgan fingerprint density at radius 3 is 2.56 bits per heavy atom. The number of nitrogens with one attached hydrogen (secondary N) is 2. The van der Waals surface area contributed by atoms with E-state index >= 15 is 0 Å². The summed E-state index contributed by atoms with van der Waals surface area (Å²) < 4.78 is 18.2. The molecule has 2 rings (SSSR count). The number of rotatable bonds is 11. The first kappa shape index (κ1) is 24.8. The number of alkyl halides is 1. The Bertz CT molecular complexity index is 988. The molecule has 32 heavy (non-hydrogen) atoms. The zero-order valence-corrected chi connectivity index (χ0v) is 18.4. The van der Waals surface area contributed by atoms with Crippen LogP contribution in [0.4, 0.5) is 4.39 Å². The number of ether oxygens (including phenoxy) is 1. The van der Waals surface area contributed by atoms with Crippen LogP contribution in [0.15, 0.2) is 24.3 Å². The number of nitrogens with two attached hydrogens (primary N) is 1. The van der Waals surface area contributed by atoms with Crippen LogP contribution < -0.4 is 15.9 Å². The lowest BCUT2D eigenvalue weighted by molar-refractivity contribution is -0.144. The van der Waals surface area contributed by atoms with Crippen LogP contribution in [0.3, 0.4) is 0 Å². The lowest BCUT2D eigenvalue weighted by atomic mass is 9.91. The van der Waals surface area contributed by atoms with Crippen molar-refractivity contribution in [3.8, 4) is 5.75 Å². The number of Topliss-reactive ketones (excluding diaryl/α,β-unsaturated/α-hetero) is 1. The number of fused-ring (bicyclic) bond motifs is 1. The number of amides is 3. The Balaban J connectivity index is 2.19. The molecule has 0 saturated heterocycles. The molecule has 2 aromatic rings. The van der Waals surface area contributed by atoms with Crippen molar-refractivity contribution in [3.63, 3.8) is 0 Å². The van der Waals surface area contributed by atoms with Gasteiger partial charge in [0.2, 0.25) is 11.8 Å². The summed E-state index contributed by atoms with van der Waals surface area (Å²) in [7, 11) is 1.54. The second kappa shape index (κ2) is 11.3. The molecule has 0 radical (unpaired) electrons. The summed E-state index contributed by atoms with van der Waals surface area (Å²) in [5.41, 5.74) is 8.48. The predicted octanol–water partition coefficient (Wildman–Crippen LogP) is 2.12. The summed E-state index contributed by atoms with van der Waals surface area (Å²) in [6.07, 6.45) is 0.0118. The van der Waals surface area contributed by atoms with Crippen molar-refractivity contribution in [2.75, 3.05) is 20.3 Å². The maximum atomic E-state index is 12.9. The Hall–Kier alpha value is -3.43. The average Bonchev–Trinajstić information content (AvgIpc) is 3.19. The molecule has 174 valence electrons. The third kappa shape index (κ3) is 6.53. The molecule has 0 aliphatic rings. The van der Waals surface area contributed by atoms with E-state index in [-0.39, 0.29) is 31.1 Å². The highest BCUT2D eigenvalue weighted by Gasteiger charge is 2.27. The smallest absolute Gasteiger partial charge is 0.272 e. The fraction of sp³-hybridized carbons (Fsp3) is 0.455. The van der Waals surface area contributed by atoms with E-state index in [0.29, 0.717) is 17.9 Å². The van der Waals surface area contributed by atoms with Gasteiger partial charge in [-0.1, -0.05) is 19.9 Å². The normalized spacial score (nSPS) is 11.9. The second-order valence-corrected chi connectivity index (χ2v) is 7.93. The molecule has 0 saturated carbocycles. The molecule has 1 aromatic heterocycles. The first-order chi connectivity index (χ1) is 15.2. The molecule has 0 fully saturated rings. The minimum absolute atomic E-state index is 0.0808. The van der Waals surface area contributed by atoms with Crippen LogP contribution in [0.1, 0.15) is 43.6 Å². The van der Waals surface area contributed by atoms with Crippen LogP contribution in [-0.2, 0) is 14.4 Å². The number of hydrogen-bond donors (Lipinski definition) is 3. The first-order valence-corrected chi connectivity index (χ1v) is 10.3. The number of H-pyrrole nitrogens is 1. The number of aromatic amines is 1. The number of benzene rings is 1. The van der Waals surface area contributed by atoms with Crippen LogP contribution in [0.25, 0.3) is 10.9 Å². The van der Waals surface area contributed by atoms with Gasteiger partial charge in [-0.3, -0.25) is 29.6 Å². The predicted molar refractivity (Wildman–Crippen MR) is 116 cm³/mol. The number of primary amides is 1. The molecule has 0 aliphatic heterocycles. The largest absolute Gasteiger partial charge is 0.496 e. The van der Waals surface area contributed by atoms with Crippen LogP contribution in [-0.4, -0.2) is 53.8 Å². The number of hydrazine groups is 1. The van der Waals surface area contributed by atoms with Crippen LogP contribution >= 0.6 is 0 Å². The fourth-order valence-electron chi connectivity index (χ4n) is 3.40. The Morgan fingerprint density at radius 1 is 1.25 bits per heavy atom. The molecule has 0 spiro atoms.